The Balaban J connectivity index is 2.17. The highest BCUT2D eigenvalue weighted by Crippen LogP contribution is 2.20. The van der Waals surface area contributed by atoms with Crippen LogP contribution in [0.1, 0.15) is 29.4 Å². The minimum Gasteiger partial charge on any atom is -0.422 e. The summed E-state index contributed by atoms with van der Waals surface area (Å²) in [6, 6.07) is 12.8. The topological polar surface area (TPSA) is 39.2 Å². The van der Waals surface area contributed by atoms with Crippen molar-refractivity contribution in [3.8, 4) is 5.75 Å². The van der Waals surface area contributed by atoms with Crippen LogP contribution >= 0.6 is 0 Å². The van der Waals surface area contributed by atoms with Crippen LogP contribution in [-0.4, -0.2) is 11.0 Å². The van der Waals surface area contributed by atoms with E-state index in [1.807, 2.05) is 24.3 Å². The third-order valence-electron chi connectivity index (χ3n) is 2.57. The number of pyridine rings is 1. The first-order valence-electron chi connectivity index (χ1n) is 6.02. The molecule has 1 aromatic heterocycles. The van der Waals surface area contributed by atoms with E-state index >= 15 is 0 Å². The normalized spacial score (nSPS) is 10.1. The summed E-state index contributed by atoms with van der Waals surface area (Å²) in [7, 11) is 0. The molecule has 1 heterocycles. The molecule has 0 aliphatic heterocycles. The van der Waals surface area contributed by atoms with E-state index in [1.165, 1.54) is 0 Å². The fraction of sp³-hybridized carbons (Fsp3) is 0.200. The lowest BCUT2D eigenvalue weighted by Crippen LogP contribution is -2.11. The van der Waals surface area contributed by atoms with E-state index in [4.69, 9.17) is 4.74 Å². The molecule has 0 fully saturated rings. The monoisotopic (exact) mass is 241 g/mol. The molecule has 0 radical (unpaired) electrons. The van der Waals surface area contributed by atoms with Crippen molar-refractivity contribution in [3.05, 3.63) is 59.9 Å². The number of aryl methyl sites for hydroxylation is 1. The fourth-order valence-electron chi connectivity index (χ4n) is 1.71. The zero-order chi connectivity index (χ0) is 12.8. The highest BCUT2D eigenvalue weighted by Gasteiger charge is 2.11. The van der Waals surface area contributed by atoms with E-state index in [-0.39, 0.29) is 0 Å². The average molecular weight is 241 g/mol. The van der Waals surface area contributed by atoms with Gasteiger partial charge in [0.15, 0.2) is 0 Å². The van der Waals surface area contributed by atoms with Crippen LogP contribution in [0.15, 0.2) is 48.7 Å². The first kappa shape index (κ1) is 12.3. The quantitative estimate of drug-likeness (QED) is 0.609. The molecule has 1 aromatic carbocycles. The Bertz CT molecular complexity index is 523. The Morgan fingerprint density at radius 1 is 1.17 bits per heavy atom. The molecule has 0 bridgehead atoms. The van der Waals surface area contributed by atoms with Gasteiger partial charge in [0.05, 0.1) is 0 Å². The van der Waals surface area contributed by atoms with Crippen LogP contribution < -0.4 is 4.74 Å². The number of nitrogens with zero attached hydrogens (tertiary/aromatic N) is 1. The van der Waals surface area contributed by atoms with E-state index in [0.717, 1.165) is 18.4 Å². The first-order chi connectivity index (χ1) is 8.81. The van der Waals surface area contributed by atoms with Gasteiger partial charge in [0, 0.05) is 6.20 Å². The second kappa shape index (κ2) is 5.96. The number of ether oxygens (including phenoxy) is 1. The van der Waals surface area contributed by atoms with Crippen LogP contribution in [-0.2, 0) is 6.42 Å². The molecule has 0 amide bonds. The average Bonchev–Trinajstić information content (AvgIpc) is 2.42. The van der Waals surface area contributed by atoms with Crippen LogP contribution in [0, 0.1) is 0 Å². The molecular formula is C15H15NO2. The highest BCUT2D eigenvalue weighted by molar-refractivity contribution is 5.89. The number of para-hydroxylation sites is 1. The van der Waals surface area contributed by atoms with Crippen molar-refractivity contribution in [2.24, 2.45) is 0 Å². The van der Waals surface area contributed by atoms with Crippen LogP contribution in [0.2, 0.25) is 0 Å². The summed E-state index contributed by atoms with van der Waals surface area (Å²) in [6.45, 7) is 2.09. The molecule has 0 atom stereocenters. The van der Waals surface area contributed by atoms with E-state index in [0.29, 0.717) is 11.4 Å². The number of hydrogen-bond donors (Lipinski definition) is 0. The third kappa shape index (κ3) is 2.94. The SMILES string of the molecule is CCCc1ccccc1OC(=O)c1ccccn1. The summed E-state index contributed by atoms with van der Waals surface area (Å²) in [5, 5.41) is 0. The maximum absolute atomic E-state index is 11.9. The minimum absolute atomic E-state index is 0.323. The number of carbonyl (C=O) groups excluding carboxylic acids is 1. The molecule has 2 aromatic rings. The molecule has 18 heavy (non-hydrogen) atoms. The van der Waals surface area contributed by atoms with Gasteiger partial charge in [-0.1, -0.05) is 37.6 Å². The van der Waals surface area contributed by atoms with Gasteiger partial charge in [-0.25, -0.2) is 9.78 Å². The highest BCUT2D eigenvalue weighted by atomic mass is 16.5. The zero-order valence-electron chi connectivity index (χ0n) is 10.3. The number of rotatable bonds is 4. The lowest BCUT2D eigenvalue weighted by Gasteiger charge is -2.08. The number of aromatic nitrogens is 1. The molecule has 0 unspecified atom stereocenters. The summed E-state index contributed by atoms with van der Waals surface area (Å²) in [5.74, 6) is 0.203. The van der Waals surface area contributed by atoms with Gasteiger partial charge in [-0.15, -0.1) is 0 Å². The van der Waals surface area contributed by atoms with E-state index in [2.05, 4.69) is 11.9 Å². The molecule has 3 nitrogen and oxygen atoms in total. The third-order valence-corrected chi connectivity index (χ3v) is 2.57. The van der Waals surface area contributed by atoms with Crippen molar-refractivity contribution >= 4 is 5.97 Å². The smallest absolute Gasteiger partial charge is 0.362 e. The predicted octanol–water partition coefficient (Wildman–Crippen LogP) is 3.25. The number of hydrogen-bond acceptors (Lipinski definition) is 3. The van der Waals surface area contributed by atoms with Gasteiger partial charge >= 0.3 is 5.97 Å². The summed E-state index contributed by atoms with van der Waals surface area (Å²) in [5.41, 5.74) is 1.37. The van der Waals surface area contributed by atoms with E-state index < -0.39 is 5.97 Å². The summed E-state index contributed by atoms with van der Waals surface area (Å²) < 4.78 is 5.38. The van der Waals surface area contributed by atoms with Crippen molar-refractivity contribution in [2.75, 3.05) is 0 Å². The Morgan fingerprint density at radius 3 is 2.67 bits per heavy atom. The molecule has 0 aliphatic carbocycles. The van der Waals surface area contributed by atoms with Crippen molar-refractivity contribution in [2.45, 2.75) is 19.8 Å². The Morgan fingerprint density at radius 2 is 1.94 bits per heavy atom. The molecule has 3 heteroatoms. The van der Waals surface area contributed by atoms with Gasteiger partial charge < -0.3 is 4.74 Å². The van der Waals surface area contributed by atoms with Crippen LogP contribution in [0.25, 0.3) is 0 Å². The van der Waals surface area contributed by atoms with Crippen molar-refractivity contribution in [3.63, 3.8) is 0 Å². The number of carbonyl (C=O) groups is 1. The molecule has 0 saturated heterocycles. The minimum atomic E-state index is -0.417. The largest absolute Gasteiger partial charge is 0.422 e. The fourth-order valence-corrected chi connectivity index (χ4v) is 1.71. The van der Waals surface area contributed by atoms with Crippen LogP contribution in [0.4, 0.5) is 0 Å². The van der Waals surface area contributed by atoms with E-state index in [9.17, 15) is 4.79 Å². The van der Waals surface area contributed by atoms with Gasteiger partial charge in [-0.2, -0.15) is 0 Å². The van der Waals surface area contributed by atoms with Crippen molar-refractivity contribution in [1.29, 1.82) is 0 Å². The summed E-state index contributed by atoms with van der Waals surface area (Å²) in [6.07, 6.45) is 3.48. The maximum atomic E-state index is 11.9. The van der Waals surface area contributed by atoms with Crippen LogP contribution in [0.3, 0.4) is 0 Å². The molecule has 0 spiro atoms. The number of benzene rings is 1. The molecule has 2 rings (SSSR count). The second-order valence-electron chi connectivity index (χ2n) is 3.96. The van der Waals surface area contributed by atoms with Gasteiger partial charge in [-0.05, 0) is 30.2 Å². The van der Waals surface area contributed by atoms with Crippen LogP contribution in [0.5, 0.6) is 5.75 Å². The molecule has 0 N–H and O–H groups in total. The van der Waals surface area contributed by atoms with Gasteiger partial charge in [0.2, 0.25) is 0 Å². The van der Waals surface area contributed by atoms with Gasteiger partial charge in [-0.3, -0.25) is 0 Å². The second-order valence-corrected chi connectivity index (χ2v) is 3.96. The summed E-state index contributed by atoms with van der Waals surface area (Å²) >= 11 is 0. The summed E-state index contributed by atoms with van der Waals surface area (Å²) in [4.78, 5) is 15.9. The van der Waals surface area contributed by atoms with Crippen molar-refractivity contribution in [1.82, 2.24) is 4.98 Å². The van der Waals surface area contributed by atoms with E-state index in [1.54, 1.807) is 24.4 Å². The number of esters is 1. The molecule has 0 aliphatic rings. The lowest BCUT2D eigenvalue weighted by atomic mass is 10.1. The Kier molecular flexibility index (Phi) is 4.07. The van der Waals surface area contributed by atoms with Gasteiger partial charge in [0.1, 0.15) is 11.4 Å². The Labute approximate surface area is 106 Å². The Hall–Kier alpha value is -2.16. The van der Waals surface area contributed by atoms with Gasteiger partial charge in [0.25, 0.3) is 0 Å². The zero-order valence-corrected chi connectivity index (χ0v) is 10.3. The first-order valence-corrected chi connectivity index (χ1v) is 6.02. The molecule has 92 valence electrons. The lowest BCUT2D eigenvalue weighted by molar-refractivity contribution is 0.0727. The standard InChI is InChI=1S/C15H15NO2/c1-2-7-12-8-3-4-10-14(12)18-15(17)13-9-5-6-11-16-13/h3-6,8-11H,2,7H2,1H3. The molecular weight excluding hydrogens is 226 g/mol. The maximum Gasteiger partial charge on any atom is 0.362 e. The van der Waals surface area contributed by atoms with Crippen molar-refractivity contribution < 1.29 is 9.53 Å². The predicted molar refractivity (Wildman–Crippen MR) is 69.6 cm³/mol. The molecule has 0 saturated carbocycles.